The third-order valence-electron chi connectivity index (χ3n) is 4.08. The van der Waals surface area contributed by atoms with E-state index in [1.807, 2.05) is 18.2 Å². The number of aromatic amines is 3. The van der Waals surface area contributed by atoms with Gasteiger partial charge in [0, 0.05) is 27.5 Å². The van der Waals surface area contributed by atoms with Crippen molar-refractivity contribution < 1.29 is 4.79 Å². The smallest absolute Gasteiger partial charge is 0.341 e. The van der Waals surface area contributed by atoms with Crippen LogP contribution in [-0.4, -0.2) is 26.1 Å². The number of rotatable bonds is 3. The largest absolute Gasteiger partial charge is 0.354 e. The van der Waals surface area contributed by atoms with Crippen molar-refractivity contribution in [1.29, 1.82) is 0 Å². The van der Waals surface area contributed by atoms with E-state index in [9.17, 15) is 9.59 Å². The zero-order valence-electron chi connectivity index (χ0n) is 12.9. The van der Waals surface area contributed by atoms with Gasteiger partial charge in [-0.25, -0.2) is 9.89 Å². The highest BCUT2D eigenvalue weighted by Crippen LogP contribution is 2.29. The van der Waals surface area contributed by atoms with Gasteiger partial charge in [-0.05, 0) is 24.1 Å². The molecule has 24 heavy (non-hydrogen) atoms. The number of nitrogens with zero attached hydrogens (tertiary/aromatic N) is 1. The topological polar surface area (TPSA) is 106 Å². The highest BCUT2D eigenvalue weighted by atomic mass is 16.2. The van der Waals surface area contributed by atoms with Gasteiger partial charge in [0.2, 0.25) is 5.82 Å². The van der Waals surface area contributed by atoms with Crippen molar-refractivity contribution in [2.75, 3.05) is 5.32 Å². The van der Waals surface area contributed by atoms with Crippen molar-refractivity contribution in [2.45, 2.75) is 13.3 Å². The van der Waals surface area contributed by atoms with Crippen molar-refractivity contribution in [3.63, 3.8) is 0 Å². The molecule has 0 aliphatic heterocycles. The van der Waals surface area contributed by atoms with Crippen molar-refractivity contribution >= 4 is 33.4 Å². The number of fused-ring (bicyclic) bond motifs is 3. The van der Waals surface area contributed by atoms with Crippen LogP contribution in [0.15, 0.2) is 41.2 Å². The number of hydrogen-bond acceptors (Lipinski definition) is 3. The molecule has 0 unspecified atom stereocenters. The van der Waals surface area contributed by atoms with Gasteiger partial charge in [0.25, 0.3) is 5.91 Å². The lowest BCUT2D eigenvalue weighted by atomic mass is 10.1. The molecular weight excluding hydrogens is 306 g/mol. The molecule has 7 heteroatoms. The molecule has 120 valence electrons. The molecule has 0 atom stereocenters. The van der Waals surface area contributed by atoms with E-state index in [0.717, 1.165) is 22.8 Å². The molecule has 2 aromatic heterocycles. The van der Waals surface area contributed by atoms with Crippen LogP contribution in [0, 0.1) is 0 Å². The quantitative estimate of drug-likeness (QED) is 0.466. The average molecular weight is 321 g/mol. The van der Waals surface area contributed by atoms with Crippen molar-refractivity contribution in [1.82, 2.24) is 20.2 Å². The van der Waals surface area contributed by atoms with E-state index < -0.39 is 11.6 Å². The number of hydrogen-bond donors (Lipinski definition) is 4. The third-order valence-corrected chi connectivity index (χ3v) is 4.08. The van der Waals surface area contributed by atoms with E-state index in [-0.39, 0.29) is 5.82 Å². The summed E-state index contributed by atoms with van der Waals surface area (Å²) in [5.41, 5.74) is 3.43. The SMILES string of the molecule is CCc1cccc2c1[nH]c1cc(NC(=O)c3n[nH]c(=O)[nH]3)ccc12. The molecule has 1 amide bonds. The standard InChI is InChI=1S/C17H15N5O2/c1-2-9-4-3-5-12-11-7-6-10(8-13(11)19-14(9)12)18-16(23)15-20-17(24)22-21-15/h3-8,19H,2H2,1H3,(H,18,23)(H2,20,21,22,24). The van der Waals surface area contributed by atoms with E-state index in [4.69, 9.17) is 0 Å². The molecular formula is C17H15N5O2. The Morgan fingerprint density at radius 1 is 1.17 bits per heavy atom. The van der Waals surface area contributed by atoms with Crippen molar-refractivity contribution in [3.05, 3.63) is 58.3 Å². The fraction of sp³-hybridized carbons (Fsp3) is 0.118. The van der Waals surface area contributed by atoms with Gasteiger partial charge in [0.1, 0.15) is 0 Å². The summed E-state index contributed by atoms with van der Waals surface area (Å²) in [6.45, 7) is 2.12. The van der Waals surface area contributed by atoms with Crippen LogP contribution in [0.5, 0.6) is 0 Å². The number of para-hydroxylation sites is 1. The molecule has 4 N–H and O–H groups in total. The fourth-order valence-corrected chi connectivity index (χ4v) is 2.93. The summed E-state index contributed by atoms with van der Waals surface area (Å²) in [5.74, 6) is -0.525. The van der Waals surface area contributed by atoms with E-state index >= 15 is 0 Å². The molecule has 0 spiro atoms. The minimum atomic E-state index is -0.515. The summed E-state index contributed by atoms with van der Waals surface area (Å²) in [7, 11) is 0. The monoisotopic (exact) mass is 321 g/mol. The first-order valence-electron chi connectivity index (χ1n) is 7.65. The average Bonchev–Trinajstić information content (AvgIpc) is 3.17. The summed E-state index contributed by atoms with van der Waals surface area (Å²) in [5, 5.41) is 10.8. The Morgan fingerprint density at radius 2 is 2.04 bits per heavy atom. The zero-order chi connectivity index (χ0) is 16.7. The molecule has 4 rings (SSSR count). The Kier molecular flexibility index (Phi) is 3.19. The molecule has 0 aliphatic carbocycles. The minimum absolute atomic E-state index is 0.0509. The van der Waals surface area contributed by atoms with Crippen LogP contribution in [0.1, 0.15) is 23.1 Å². The fourth-order valence-electron chi connectivity index (χ4n) is 2.93. The van der Waals surface area contributed by atoms with Gasteiger partial charge < -0.3 is 10.3 Å². The van der Waals surface area contributed by atoms with Gasteiger partial charge in [-0.2, -0.15) is 0 Å². The lowest BCUT2D eigenvalue weighted by Crippen LogP contribution is -2.14. The Morgan fingerprint density at radius 3 is 2.79 bits per heavy atom. The predicted molar refractivity (Wildman–Crippen MR) is 92.3 cm³/mol. The Hall–Kier alpha value is -3.35. The molecule has 2 heterocycles. The molecule has 4 aromatic rings. The molecule has 0 saturated heterocycles. The van der Waals surface area contributed by atoms with Gasteiger partial charge in [-0.1, -0.05) is 31.2 Å². The first-order chi connectivity index (χ1) is 11.7. The summed E-state index contributed by atoms with van der Waals surface area (Å²) in [6.07, 6.45) is 0.945. The molecule has 0 saturated carbocycles. The molecule has 0 radical (unpaired) electrons. The number of benzene rings is 2. The van der Waals surface area contributed by atoms with E-state index in [0.29, 0.717) is 5.69 Å². The lowest BCUT2D eigenvalue weighted by molar-refractivity contribution is 0.101. The van der Waals surface area contributed by atoms with Gasteiger partial charge in [0.15, 0.2) is 0 Å². The highest BCUT2D eigenvalue weighted by Gasteiger charge is 2.12. The van der Waals surface area contributed by atoms with Crippen LogP contribution in [-0.2, 0) is 6.42 Å². The molecule has 0 fully saturated rings. The van der Waals surface area contributed by atoms with E-state index in [2.05, 4.69) is 50.6 Å². The summed E-state index contributed by atoms with van der Waals surface area (Å²) in [4.78, 5) is 28.8. The normalized spacial score (nSPS) is 11.2. The molecule has 0 aliphatic rings. The maximum Gasteiger partial charge on any atom is 0.341 e. The summed E-state index contributed by atoms with van der Waals surface area (Å²) >= 11 is 0. The first-order valence-corrected chi connectivity index (χ1v) is 7.65. The Bertz CT molecular complexity index is 1120. The van der Waals surface area contributed by atoms with Crippen LogP contribution in [0.3, 0.4) is 0 Å². The maximum atomic E-state index is 12.1. The molecule has 0 bridgehead atoms. The highest BCUT2D eigenvalue weighted by molar-refractivity contribution is 6.10. The molecule has 2 aromatic carbocycles. The number of nitrogens with one attached hydrogen (secondary N) is 4. The number of carbonyl (C=O) groups excluding carboxylic acids is 1. The van der Waals surface area contributed by atoms with Crippen LogP contribution in [0.25, 0.3) is 21.8 Å². The summed E-state index contributed by atoms with van der Waals surface area (Å²) in [6, 6.07) is 11.9. The maximum absolute atomic E-state index is 12.1. The zero-order valence-corrected chi connectivity index (χ0v) is 12.9. The van der Waals surface area contributed by atoms with Crippen molar-refractivity contribution in [2.24, 2.45) is 0 Å². The predicted octanol–water partition coefficient (Wildman–Crippen LogP) is 2.55. The second-order valence-electron chi connectivity index (χ2n) is 5.56. The number of carbonyl (C=O) groups is 1. The Labute approximate surface area is 136 Å². The number of H-pyrrole nitrogens is 3. The van der Waals surface area contributed by atoms with Crippen LogP contribution in [0.4, 0.5) is 5.69 Å². The van der Waals surface area contributed by atoms with Crippen LogP contribution in [0.2, 0.25) is 0 Å². The van der Waals surface area contributed by atoms with Gasteiger partial charge in [-0.15, -0.1) is 5.10 Å². The Balaban J connectivity index is 1.74. The van der Waals surface area contributed by atoms with Crippen LogP contribution >= 0.6 is 0 Å². The van der Waals surface area contributed by atoms with Gasteiger partial charge >= 0.3 is 5.69 Å². The molecule has 7 nitrogen and oxygen atoms in total. The summed E-state index contributed by atoms with van der Waals surface area (Å²) < 4.78 is 0. The first kappa shape index (κ1) is 14.3. The minimum Gasteiger partial charge on any atom is -0.354 e. The van der Waals surface area contributed by atoms with E-state index in [1.165, 1.54) is 10.9 Å². The lowest BCUT2D eigenvalue weighted by Gasteiger charge is -2.02. The van der Waals surface area contributed by atoms with E-state index in [1.54, 1.807) is 0 Å². The van der Waals surface area contributed by atoms with Gasteiger partial charge in [-0.3, -0.25) is 9.78 Å². The van der Waals surface area contributed by atoms with Crippen LogP contribution < -0.4 is 11.0 Å². The van der Waals surface area contributed by atoms with Gasteiger partial charge in [0.05, 0.1) is 0 Å². The second-order valence-corrected chi connectivity index (χ2v) is 5.56. The van der Waals surface area contributed by atoms with Crippen molar-refractivity contribution in [3.8, 4) is 0 Å². The number of aryl methyl sites for hydroxylation is 1. The number of aromatic nitrogens is 4. The number of anilines is 1. The number of amides is 1. The third kappa shape index (κ3) is 2.26. The second kappa shape index (κ2) is 5.38.